The largest absolute Gasteiger partial charge is 0.422 e. The Labute approximate surface area is 46.8 Å². The number of ether oxygens (including phenoxy) is 1. The van der Waals surface area contributed by atoms with E-state index in [-0.39, 0.29) is 9.76 Å². The van der Waals surface area contributed by atoms with E-state index in [9.17, 15) is 0 Å². The van der Waals surface area contributed by atoms with Gasteiger partial charge in [-0.1, -0.05) is 0 Å². The van der Waals surface area contributed by atoms with Crippen molar-refractivity contribution in [3.8, 4) is 0 Å². The van der Waals surface area contributed by atoms with Crippen LogP contribution in [0, 0.1) is 0 Å². The van der Waals surface area contributed by atoms with Crippen LogP contribution in [-0.4, -0.2) is 29.7 Å². The Bertz CT molecular complexity index is 28.9. The van der Waals surface area contributed by atoms with Crippen molar-refractivity contribution in [3.05, 3.63) is 0 Å². The third-order valence-corrected chi connectivity index (χ3v) is 1.91. The second kappa shape index (κ2) is 6.14. The lowest BCUT2D eigenvalue weighted by atomic mass is 10.9. The van der Waals surface area contributed by atoms with E-state index in [1.54, 1.807) is 7.11 Å². The Balaban J connectivity index is 2.45. The molecule has 0 amide bonds. The fourth-order valence-electron chi connectivity index (χ4n) is 0.287. The van der Waals surface area contributed by atoms with Crippen molar-refractivity contribution in [3.63, 3.8) is 0 Å². The van der Waals surface area contributed by atoms with Crippen LogP contribution < -0.4 is 0 Å². The maximum Gasteiger partial charge on any atom is 0.186 e. The van der Waals surface area contributed by atoms with Crippen LogP contribution in [0.4, 0.5) is 0 Å². The topological polar surface area (TPSA) is 18.5 Å². The van der Waals surface area contributed by atoms with Crippen LogP contribution in [0.15, 0.2) is 0 Å². The molecule has 0 fully saturated rings. The lowest BCUT2D eigenvalue weighted by Crippen LogP contribution is -2.05. The highest BCUT2D eigenvalue weighted by Crippen LogP contribution is 1.67. The lowest BCUT2D eigenvalue weighted by Gasteiger charge is -1.95. The van der Waals surface area contributed by atoms with E-state index < -0.39 is 0 Å². The zero-order valence-corrected chi connectivity index (χ0v) is 6.35. The Hall–Kier alpha value is 0.137. The summed E-state index contributed by atoms with van der Waals surface area (Å²) in [6, 6.07) is 0. The van der Waals surface area contributed by atoms with Crippen molar-refractivity contribution in [1.29, 1.82) is 0 Å². The number of hydrogen-bond acceptors (Lipinski definition) is 2. The molecule has 0 aromatic carbocycles. The zero-order chi connectivity index (χ0) is 5.54. The van der Waals surface area contributed by atoms with Crippen molar-refractivity contribution >= 4 is 9.76 Å². The van der Waals surface area contributed by atoms with E-state index in [0.29, 0.717) is 0 Å². The predicted octanol–water partition coefficient (Wildman–Crippen LogP) is -0.289. The van der Waals surface area contributed by atoms with Crippen LogP contribution >= 0.6 is 0 Å². The molecule has 0 N–H and O–H groups in total. The summed E-state index contributed by atoms with van der Waals surface area (Å²) in [7, 11) is 1.39. The highest BCUT2D eigenvalue weighted by molar-refractivity contribution is 6.26. The first-order chi connectivity index (χ1) is 3.41. The molecule has 0 aliphatic rings. The maximum atomic E-state index is 5.09. The van der Waals surface area contributed by atoms with Gasteiger partial charge in [-0.25, -0.2) is 0 Å². The predicted molar refractivity (Wildman–Crippen MR) is 32.0 cm³/mol. The monoisotopic (exact) mass is 120 g/mol. The third kappa shape index (κ3) is 6.14. The summed E-state index contributed by atoms with van der Waals surface area (Å²) in [5.74, 6) is 0. The van der Waals surface area contributed by atoms with Crippen LogP contribution in [0.2, 0.25) is 0 Å². The van der Waals surface area contributed by atoms with E-state index in [1.807, 2.05) is 6.92 Å². The molecule has 0 heterocycles. The smallest absolute Gasteiger partial charge is 0.186 e. The second-order valence-corrected chi connectivity index (χ2v) is 2.41. The van der Waals surface area contributed by atoms with Gasteiger partial charge in [0.05, 0.1) is 6.23 Å². The SMILES string of the molecule is CCO[SiH2]COC. The molecule has 44 valence electrons. The van der Waals surface area contributed by atoms with Crippen molar-refractivity contribution in [2.24, 2.45) is 0 Å². The van der Waals surface area contributed by atoms with Crippen LogP contribution in [0.5, 0.6) is 0 Å². The van der Waals surface area contributed by atoms with Gasteiger partial charge in [0.25, 0.3) is 0 Å². The van der Waals surface area contributed by atoms with Gasteiger partial charge in [-0.3, -0.25) is 0 Å². The van der Waals surface area contributed by atoms with E-state index in [1.165, 1.54) is 0 Å². The summed E-state index contributed by atoms with van der Waals surface area (Å²) in [5.41, 5.74) is 0. The normalized spacial score (nSPS) is 11.1. The van der Waals surface area contributed by atoms with Gasteiger partial charge in [-0.15, -0.1) is 0 Å². The quantitative estimate of drug-likeness (QED) is 0.375. The van der Waals surface area contributed by atoms with Gasteiger partial charge in [0.2, 0.25) is 0 Å². The molecule has 0 atom stereocenters. The van der Waals surface area contributed by atoms with Gasteiger partial charge in [0.15, 0.2) is 9.76 Å². The highest BCUT2D eigenvalue weighted by Gasteiger charge is 1.80. The number of hydrogen-bond donors (Lipinski definition) is 0. The molecule has 0 radical (unpaired) electrons. The molecule has 7 heavy (non-hydrogen) atoms. The molecule has 0 saturated heterocycles. The van der Waals surface area contributed by atoms with Gasteiger partial charge in [0.1, 0.15) is 0 Å². The molecule has 0 bridgehead atoms. The van der Waals surface area contributed by atoms with Gasteiger partial charge >= 0.3 is 0 Å². The van der Waals surface area contributed by atoms with Crippen molar-refractivity contribution in [1.82, 2.24) is 0 Å². The summed E-state index contributed by atoms with van der Waals surface area (Å²) in [4.78, 5) is 0. The minimum atomic E-state index is -0.311. The molecule has 2 nitrogen and oxygen atoms in total. The van der Waals surface area contributed by atoms with Gasteiger partial charge in [-0.2, -0.15) is 0 Å². The summed E-state index contributed by atoms with van der Waals surface area (Å²) >= 11 is 0. The Morgan fingerprint density at radius 2 is 2.29 bits per heavy atom. The average Bonchev–Trinajstić information content (AvgIpc) is 1.69. The van der Waals surface area contributed by atoms with Gasteiger partial charge in [-0.05, 0) is 6.92 Å². The first-order valence-electron chi connectivity index (χ1n) is 2.48. The molecule has 0 aromatic rings. The van der Waals surface area contributed by atoms with E-state index in [2.05, 4.69) is 0 Å². The Morgan fingerprint density at radius 1 is 1.57 bits per heavy atom. The van der Waals surface area contributed by atoms with Crippen molar-refractivity contribution in [2.75, 3.05) is 19.9 Å². The molecular weight excluding hydrogens is 108 g/mol. The Kier molecular flexibility index (Phi) is 6.26. The minimum absolute atomic E-state index is 0.311. The molecule has 0 rings (SSSR count). The van der Waals surface area contributed by atoms with E-state index in [0.717, 1.165) is 12.8 Å². The maximum absolute atomic E-state index is 5.09. The van der Waals surface area contributed by atoms with Gasteiger partial charge in [0, 0.05) is 13.7 Å². The first-order valence-corrected chi connectivity index (χ1v) is 4.06. The number of rotatable bonds is 4. The molecule has 0 aliphatic carbocycles. The van der Waals surface area contributed by atoms with Crippen LogP contribution in [0.25, 0.3) is 0 Å². The standard InChI is InChI=1S/C4H12O2Si/c1-3-6-7-4-5-2/h3-4,7H2,1-2H3. The van der Waals surface area contributed by atoms with Crippen molar-refractivity contribution < 1.29 is 9.16 Å². The summed E-state index contributed by atoms with van der Waals surface area (Å²) < 4.78 is 9.87. The molecule has 0 aromatic heterocycles. The Morgan fingerprint density at radius 3 is 2.71 bits per heavy atom. The molecule has 0 spiro atoms. The second-order valence-electron chi connectivity index (χ2n) is 1.19. The molecule has 3 heteroatoms. The van der Waals surface area contributed by atoms with Crippen LogP contribution in [0.1, 0.15) is 6.92 Å². The van der Waals surface area contributed by atoms with Crippen molar-refractivity contribution in [2.45, 2.75) is 6.92 Å². The lowest BCUT2D eigenvalue weighted by molar-refractivity contribution is 0.229. The molecule has 0 aliphatic heterocycles. The zero-order valence-electron chi connectivity index (χ0n) is 4.94. The fourth-order valence-corrected chi connectivity index (χ4v) is 0.860. The molecule has 0 unspecified atom stereocenters. The average molecular weight is 120 g/mol. The summed E-state index contributed by atoms with van der Waals surface area (Å²) in [6.07, 6.45) is 0.841. The summed E-state index contributed by atoms with van der Waals surface area (Å²) in [5, 5.41) is 0. The summed E-state index contributed by atoms with van der Waals surface area (Å²) in [6.45, 7) is 2.85. The fraction of sp³-hybridized carbons (Fsp3) is 1.00. The minimum Gasteiger partial charge on any atom is -0.422 e. The highest BCUT2D eigenvalue weighted by atomic mass is 28.2. The van der Waals surface area contributed by atoms with E-state index in [4.69, 9.17) is 9.16 Å². The van der Waals surface area contributed by atoms with Crippen LogP contribution in [-0.2, 0) is 9.16 Å². The molecular formula is C4H12O2Si. The van der Waals surface area contributed by atoms with E-state index >= 15 is 0 Å². The third-order valence-electron chi connectivity index (χ3n) is 0.636. The van der Waals surface area contributed by atoms with Gasteiger partial charge < -0.3 is 9.16 Å². The first kappa shape index (κ1) is 7.14. The number of methoxy groups -OCH3 is 1. The van der Waals surface area contributed by atoms with Crippen LogP contribution in [0.3, 0.4) is 0 Å². The molecule has 0 saturated carbocycles.